The number of nitrogens with one attached hydrogen (secondary N) is 1. The Kier molecular flexibility index (Phi) is 4.46. The first-order valence-electron chi connectivity index (χ1n) is 7.86. The van der Waals surface area contributed by atoms with Gasteiger partial charge in [0.05, 0.1) is 6.20 Å². The van der Waals surface area contributed by atoms with Crippen molar-refractivity contribution < 1.29 is 9.21 Å². The molecule has 124 valence electrons. The van der Waals surface area contributed by atoms with Crippen molar-refractivity contribution in [3.63, 3.8) is 0 Å². The van der Waals surface area contributed by atoms with Crippen LogP contribution in [0.1, 0.15) is 31.2 Å². The number of aromatic nitrogens is 3. The number of anilines is 1. The maximum absolute atomic E-state index is 12.4. The predicted octanol–water partition coefficient (Wildman–Crippen LogP) is 3.61. The molecule has 1 N–H and O–H groups in total. The van der Waals surface area contributed by atoms with E-state index in [4.69, 9.17) is 4.42 Å². The van der Waals surface area contributed by atoms with Crippen LogP contribution in [-0.4, -0.2) is 20.4 Å². The summed E-state index contributed by atoms with van der Waals surface area (Å²) >= 11 is 0. The second kappa shape index (κ2) is 6.70. The average Bonchev–Trinajstić information content (AvgIpc) is 3.20. The fourth-order valence-corrected chi connectivity index (χ4v) is 2.66. The number of rotatable bonds is 5. The van der Waals surface area contributed by atoms with Crippen molar-refractivity contribution in [2.75, 3.05) is 5.32 Å². The highest BCUT2D eigenvalue weighted by Crippen LogP contribution is 2.27. The molecule has 1 aromatic carbocycles. The summed E-state index contributed by atoms with van der Waals surface area (Å²) in [6.07, 6.45) is 6.68. The maximum Gasteiger partial charge on any atom is 0.244 e. The van der Waals surface area contributed by atoms with Gasteiger partial charge in [-0.2, -0.15) is 0 Å². The third-order valence-electron chi connectivity index (χ3n) is 3.85. The van der Waals surface area contributed by atoms with Crippen LogP contribution in [0.5, 0.6) is 0 Å². The van der Waals surface area contributed by atoms with E-state index in [9.17, 15) is 4.79 Å². The minimum atomic E-state index is -0.0949. The molecular weight excluding hydrogens is 304 g/mol. The van der Waals surface area contributed by atoms with Crippen LogP contribution in [0.3, 0.4) is 0 Å². The maximum atomic E-state index is 12.4. The normalized spacial score (nSPS) is 11.0. The molecule has 0 spiro atoms. The summed E-state index contributed by atoms with van der Waals surface area (Å²) in [6.45, 7) is 6.28. The van der Waals surface area contributed by atoms with Gasteiger partial charge in [0.15, 0.2) is 0 Å². The Morgan fingerprint density at radius 1 is 1.29 bits per heavy atom. The van der Waals surface area contributed by atoms with Crippen LogP contribution >= 0.6 is 0 Å². The lowest BCUT2D eigenvalue weighted by Crippen LogP contribution is -2.20. The molecule has 1 amide bonds. The Morgan fingerprint density at radius 3 is 2.83 bits per heavy atom. The lowest BCUT2D eigenvalue weighted by molar-refractivity contribution is -0.116. The lowest BCUT2D eigenvalue weighted by Gasteiger charge is -2.13. The molecule has 0 unspecified atom stereocenters. The van der Waals surface area contributed by atoms with Crippen molar-refractivity contribution in [1.82, 2.24) is 14.5 Å². The van der Waals surface area contributed by atoms with E-state index in [1.807, 2.05) is 35.9 Å². The van der Waals surface area contributed by atoms with Gasteiger partial charge in [-0.05, 0) is 24.6 Å². The molecule has 3 rings (SSSR count). The molecule has 24 heavy (non-hydrogen) atoms. The van der Waals surface area contributed by atoms with E-state index in [0.717, 1.165) is 22.6 Å². The molecule has 0 atom stereocenters. The predicted molar refractivity (Wildman–Crippen MR) is 91.6 cm³/mol. The van der Waals surface area contributed by atoms with Gasteiger partial charge in [-0.25, -0.2) is 9.97 Å². The van der Waals surface area contributed by atoms with E-state index in [-0.39, 0.29) is 18.4 Å². The zero-order valence-corrected chi connectivity index (χ0v) is 14.0. The highest BCUT2D eigenvalue weighted by atomic mass is 16.3. The van der Waals surface area contributed by atoms with E-state index in [1.165, 1.54) is 6.26 Å². The number of imidazole rings is 1. The first-order chi connectivity index (χ1) is 11.6. The summed E-state index contributed by atoms with van der Waals surface area (Å²) in [5.74, 6) is 1.61. The summed E-state index contributed by atoms with van der Waals surface area (Å²) in [5.41, 5.74) is 2.54. The Bertz CT molecular complexity index is 835. The number of oxazole rings is 1. The molecule has 2 aromatic heterocycles. The van der Waals surface area contributed by atoms with Gasteiger partial charge >= 0.3 is 0 Å². The SMILES string of the molecule is Cc1c(NC(=O)Cn2ccnc2C(C)C)cccc1-c1ncco1. The fraction of sp³-hybridized carbons (Fsp3) is 0.278. The summed E-state index contributed by atoms with van der Waals surface area (Å²) in [5, 5.41) is 2.96. The third kappa shape index (κ3) is 3.22. The van der Waals surface area contributed by atoms with Gasteiger partial charge in [0.25, 0.3) is 0 Å². The summed E-state index contributed by atoms with van der Waals surface area (Å²) < 4.78 is 7.22. The average molecular weight is 324 g/mol. The third-order valence-corrected chi connectivity index (χ3v) is 3.85. The molecule has 0 aliphatic carbocycles. The monoisotopic (exact) mass is 324 g/mol. The molecular formula is C18H20N4O2. The van der Waals surface area contributed by atoms with E-state index < -0.39 is 0 Å². The van der Waals surface area contributed by atoms with Crippen molar-refractivity contribution in [1.29, 1.82) is 0 Å². The Balaban J connectivity index is 1.78. The summed E-state index contributed by atoms with van der Waals surface area (Å²) in [6, 6.07) is 5.67. The fourth-order valence-electron chi connectivity index (χ4n) is 2.66. The summed E-state index contributed by atoms with van der Waals surface area (Å²) in [7, 11) is 0. The van der Waals surface area contributed by atoms with E-state index in [0.29, 0.717) is 5.89 Å². The molecule has 0 radical (unpaired) electrons. The van der Waals surface area contributed by atoms with Crippen LogP contribution in [0.25, 0.3) is 11.5 Å². The zero-order valence-electron chi connectivity index (χ0n) is 14.0. The molecule has 6 heteroatoms. The standard InChI is InChI=1S/C18H20N4O2/c1-12(2)17-19-7-9-22(17)11-16(23)21-15-6-4-5-14(13(15)3)18-20-8-10-24-18/h4-10,12H,11H2,1-3H3,(H,21,23). The van der Waals surface area contributed by atoms with Crippen LogP contribution in [-0.2, 0) is 11.3 Å². The molecule has 2 heterocycles. The van der Waals surface area contributed by atoms with Crippen LogP contribution in [0.2, 0.25) is 0 Å². The van der Waals surface area contributed by atoms with Crippen molar-refractivity contribution in [2.45, 2.75) is 33.2 Å². The van der Waals surface area contributed by atoms with Crippen molar-refractivity contribution >= 4 is 11.6 Å². The molecule has 0 fully saturated rings. The van der Waals surface area contributed by atoms with Gasteiger partial charge in [0, 0.05) is 29.6 Å². The second-order valence-corrected chi connectivity index (χ2v) is 5.93. The van der Waals surface area contributed by atoms with Crippen LogP contribution in [0.4, 0.5) is 5.69 Å². The van der Waals surface area contributed by atoms with Gasteiger partial charge in [-0.3, -0.25) is 4.79 Å². The number of carbonyl (C=O) groups excluding carboxylic acids is 1. The van der Waals surface area contributed by atoms with Crippen molar-refractivity contribution in [3.8, 4) is 11.5 Å². The minimum Gasteiger partial charge on any atom is -0.445 e. The highest BCUT2D eigenvalue weighted by molar-refractivity contribution is 5.92. The zero-order chi connectivity index (χ0) is 17.1. The molecule has 0 aliphatic heterocycles. The Morgan fingerprint density at radius 2 is 2.12 bits per heavy atom. The molecule has 0 saturated carbocycles. The topological polar surface area (TPSA) is 73.0 Å². The van der Waals surface area contributed by atoms with E-state index in [1.54, 1.807) is 12.4 Å². The Hall–Kier alpha value is -2.89. The van der Waals surface area contributed by atoms with Crippen molar-refractivity contribution in [3.05, 3.63) is 54.4 Å². The van der Waals surface area contributed by atoms with Crippen LogP contribution in [0, 0.1) is 6.92 Å². The lowest BCUT2D eigenvalue weighted by atomic mass is 10.1. The first-order valence-corrected chi connectivity index (χ1v) is 7.86. The molecule has 0 saturated heterocycles. The molecule has 0 bridgehead atoms. The van der Waals surface area contributed by atoms with Gasteiger partial charge in [-0.15, -0.1) is 0 Å². The number of hydrogen-bond donors (Lipinski definition) is 1. The second-order valence-electron chi connectivity index (χ2n) is 5.93. The smallest absolute Gasteiger partial charge is 0.244 e. The number of benzene rings is 1. The molecule has 0 aliphatic rings. The largest absolute Gasteiger partial charge is 0.445 e. The molecule has 6 nitrogen and oxygen atoms in total. The van der Waals surface area contributed by atoms with Gasteiger partial charge < -0.3 is 14.3 Å². The highest BCUT2D eigenvalue weighted by Gasteiger charge is 2.14. The van der Waals surface area contributed by atoms with Crippen LogP contribution < -0.4 is 5.32 Å². The minimum absolute atomic E-state index is 0.0949. The van der Waals surface area contributed by atoms with E-state index >= 15 is 0 Å². The van der Waals surface area contributed by atoms with Gasteiger partial charge in [-0.1, -0.05) is 19.9 Å². The quantitative estimate of drug-likeness (QED) is 0.778. The van der Waals surface area contributed by atoms with E-state index in [2.05, 4.69) is 29.1 Å². The van der Waals surface area contributed by atoms with Crippen molar-refractivity contribution in [2.24, 2.45) is 0 Å². The van der Waals surface area contributed by atoms with Gasteiger partial charge in [0.2, 0.25) is 11.8 Å². The summed E-state index contributed by atoms with van der Waals surface area (Å²) in [4.78, 5) is 20.9. The number of nitrogens with zero attached hydrogens (tertiary/aromatic N) is 3. The molecule has 3 aromatic rings. The number of amides is 1. The van der Waals surface area contributed by atoms with Gasteiger partial charge in [0.1, 0.15) is 18.6 Å². The Labute approximate surface area is 140 Å². The van der Waals surface area contributed by atoms with Crippen LogP contribution in [0.15, 0.2) is 47.5 Å². The number of hydrogen-bond acceptors (Lipinski definition) is 4. The number of carbonyl (C=O) groups is 1. The first kappa shape index (κ1) is 16.0.